The van der Waals surface area contributed by atoms with Crippen LogP contribution in [0.5, 0.6) is 0 Å². The molecule has 2 rings (SSSR count). The highest BCUT2D eigenvalue weighted by molar-refractivity contribution is 7.89. The number of nitrogens with two attached hydrogens (primary N) is 1. The summed E-state index contributed by atoms with van der Waals surface area (Å²) in [6.07, 6.45) is 2.12. The van der Waals surface area contributed by atoms with Gasteiger partial charge in [0.05, 0.1) is 10.6 Å². The van der Waals surface area contributed by atoms with Gasteiger partial charge < -0.3 is 10.6 Å². The zero-order valence-corrected chi connectivity index (χ0v) is 11.3. The lowest BCUT2D eigenvalue weighted by molar-refractivity contribution is 0.389. The van der Waals surface area contributed by atoms with Gasteiger partial charge in [0, 0.05) is 6.54 Å². The van der Waals surface area contributed by atoms with Crippen LogP contribution in [0.4, 0.5) is 10.1 Å². The van der Waals surface area contributed by atoms with Crippen molar-refractivity contribution >= 4 is 15.7 Å². The van der Waals surface area contributed by atoms with Crippen LogP contribution in [0.2, 0.25) is 0 Å². The van der Waals surface area contributed by atoms with Crippen molar-refractivity contribution in [1.82, 2.24) is 5.32 Å². The van der Waals surface area contributed by atoms with E-state index in [0.717, 1.165) is 32.0 Å². The minimum absolute atomic E-state index is 0.211. The molecular formula is C12H18FN3O2S. The van der Waals surface area contributed by atoms with Crippen molar-refractivity contribution in [3.8, 4) is 0 Å². The predicted octanol–water partition coefficient (Wildman–Crippen LogP) is 0.885. The van der Waals surface area contributed by atoms with E-state index in [1.54, 1.807) is 0 Å². The average Bonchev–Trinajstić information content (AvgIpc) is 2.37. The first-order valence-electron chi connectivity index (χ1n) is 6.24. The first kappa shape index (κ1) is 14.2. The van der Waals surface area contributed by atoms with Gasteiger partial charge in [0.1, 0.15) is 5.82 Å². The lowest BCUT2D eigenvalue weighted by Gasteiger charge is -2.23. The van der Waals surface area contributed by atoms with E-state index >= 15 is 0 Å². The summed E-state index contributed by atoms with van der Waals surface area (Å²) in [5.74, 6) is -0.0842. The van der Waals surface area contributed by atoms with E-state index in [0.29, 0.717) is 18.2 Å². The minimum Gasteiger partial charge on any atom is -0.382 e. The van der Waals surface area contributed by atoms with Gasteiger partial charge >= 0.3 is 0 Å². The number of halogens is 1. The molecule has 19 heavy (non-hydrogen) atoms. The Morgan fingerprint density at radius 3 is 2.63 bits per heavy atom. The van der Waals surface area contributed by atoms with E-state index < -0.39 is 15.8 Å². The van der Waals surface area contributed by atoms with Crippen LogP contribution in [0.3, 0.4) is 0 Å². The van der Waals surface area contributed by atoms with Crippen molar-refractivity contribution in [2.24, 2.45) is 11.1 Å². The quantitative estimate of drug-likeness (QED) is 0.767. The first-order valence-corrected chi connectivity index (χ1v) is 7.78. The molecule has 1 fully saturated rings. The average molecular weight is 287 g/mol. The summed E-state index contributed by atoms with van der Waals surface area (Å²) in [7, 11) is -3.85. The zero-order valence-electron chi connectivity index (χ0n) is 10.5. The molecule has 0 radical (unpaired) electrons. The number of sulfonamides is 1. The van der Waals surface area contributed by atoms with Gasteiger partial charge in [-0.2, -0.15) is 0 Å². The Balaban J connectivity index is 2.01. The fourth-order valence-electron chi connectivity index (χ4n) is 2.16. The molecule has 1 heterocycles. The van der Waals surface area contributed by atoms with Crippen LogP contribution in [0.15, 0.2) is 23.1 Å². The molecule has 0 saturated carbocycles. The third kappa shape index (κ3) is 3.89. The van der Waals surface area contributed by atoms with Gasteiger partial charge in [-0.3, -0.25) is 0 Å². The van der Waals surface area contributed by atoms with E-state index in [1.165, 1.54) is 12.1 Å². The molecule has 0 aromatic heterocycles. The number of benzene rings is 1. The number of anilines is 1. The summed E-state index contributed by atoms with van der Waals surface area (Å²) >= 11 is 0. The van der Waals surface area contributed by atoms with Crippen LogP contribution >= 0.6 is 0 Å². The van der Waals surface area contributed by atoms with E-state index in [9.17, 15) is 12.8 Å². The van der Waals surface area contributed by atoms with Gasteiger partial charge in [-0.25, -0.2) is 17.9 Å². The van der Waals surface area contributed by atoms with Crippen LogP contribution < -0.4 is 15.8 Å². The molecule has 1 aliphatic rings. The zero-order chi connectivity index (χ0) is 13.9. The monoisotopic (exact) mass is 287 g/mol. The lowest BCUT2D eigenvalue weighted by Crippen LogP contribution is -2.31. The summed E-state index contributed by atoms with van der Waals surface area (Å²) in [6, 6.07) is 3.67. The minimum atomic E-state index is -3.85. The van der Waals surface area contributed by atoms with E-state index in [-0.39, 0.29) is 4.90 Å². The van der Waals surface area contributed by atoms with Crippen molar-refractivity contribution < 1.29 is 12.8 Å². The molecule has 0 atom stereocenters. The van der Waals surface area contributed by atoms with Gasteiger partial charge in [-0.15, -0.1) is 0 Å². The molecule has 106 valence electrons. The Bertz CT molecular complexity index is 542. The number of nitrogens with one attached hydrogen (secondary N) is 2. The second kappa shape index (κ2) is 5.85. The second-order valence-corrected chi connectivity index (χ2v) is 6.32. The summed E-state index contributed by atoms with van der Waals surface area (Å²) in [5.41, 5.74) is 0.311. The predicted molar refractivity (Wildman–Crippen MR) is 71.9 cm³/mol. The lowest BCUT2D eigenvalue weighted by atomic mass is 9.98. The fraction of sp³-hybridized carbons (Fsp3) is 0.500. The second-order valence-electron chi connectivity index (χ2n) is 4.76. The third-order valence-electron chi connectivity index (χ3n) is 3.31. The largest absolute Gasteiger partial charge is 0.382 e. The van der Waals surface area contributed by atoms with Gasteiger partial charge in [0.25, 0.3) is 0 Å². The summed E-state index contributed by atoms with van der Waals surface area (Å²) < 4.78 is 35.9. The highest BCUT2D eigenvalue weighted by Crippen LogP contribution is 2.20. The van der Waals surface area contributed by atoms with E-state index in [2.05, 4.69) is 10.6 Å². The maximum absolute atomic E-state index is 13.7. The van der Waals surface area contributed by atoms with Crippen LogP contribution in [0, 0.1) is 11.7 Å². The molecule has 0 bridgehead atoms. The third-order valence-corrected chi connectivity index (χ3v) is 4.22. The Morgan fingerprint density at radius 2 is 2.05 bits per heavy atom. The van der Waals surface area contributed by atoms with Gasteiger partial charge in [0.15, 0.2) is 0 Å². The maximum Gasteiger partial charge on any atom is 0.238 e. The standard InChI is InChI=1S/C12H18FN3O2S/c13-11-7-10(19(14,17)18)1-2-12(11)16-8-9-3-5-15-6-4-9/h1-2,7,9,15-16H,3-6,8H2,(H2,14,17,18). The van der Waals surface area contributed by atoms with Crippen LogP contribution in [0.1, 0.15) is 12.8 Å². The molecule has 1 aliphatic heterocycles. The highest BCUT2D eigenvalue weighted by atomic mass is 32.2. The van der Waals surface area contributed by atoms with Gasteiger partial charge in [0.2, 0.25) is 10.0 Å². The van der Waals surface area contributed by atoms with E-state index in [1.807, 2.05) is 0 Å². The number of hydrogen-bond donors (Lipinski definition) is 3. The summed E-state index contributed by atoms with van der Waals surface area (Å²) in [4.78, 5) is -0.211. The van der Waals surface area contributed by atoms with Crippen molar-refractivity contribution in [3.63, 3.8) is 0 Å². The molecule has 1 aromatic rings. The molecule has 0 aliphatic carbocycles. The molecule has 5 nitrogen and oxygen atoms in total. The van der Waals surface area contributed by atoms with Crippen molar-refractivity contribution in [3.05, 3.63) is 24.0 Å². The van der Waals surface area contributed by atoms with Gasteiger partial charge in [-0.1, -0.05) is 0 Å². The number of piperidine rings is 1. The number of rotatable bonds is 4. The van der Waals surface area contributed by atoms with Crippen LogP contribution in [-0.4, -0.2) is 28.1 Å². The van der Waals surface area contributed by atoms with Crippen molar-refractivity contribution in [2.45, 2.75) is 17.7 Å². The number of primary sulfonamides is 1. The smallest absolute Gasteiger partial charge is 0.238 e. The normalized spacial score (nSPS) is 17.4. The molecular weight excluding hydrogens is 269 g/mol. The van der Waals surface area contributed by atoms with Crippen molar-refractivity contribution in [2.75, 3.05) is 25.0 Å². The van der Waals surface area contributed by atoms with E-state index in [4.69, 9.17) is 5.14 Å². The molecule has 1 saturated heterocycles. The molecule has 4 N–H and O–H groups in total. The molecule has 0 spiro atoms. The topological polar surface area (TPSA) is 84.2 Å². The highest BCUT2D eigenvalue weighted by Gasteiger charge is 2.15. The Morgan fingerprint density at radius 1 is 1.37 bits per heavy atom. The van der Waals surface area contributed by atoms with Crippen LogP contribution in [-0.2, 0) is 10.0 Å². The Labute approximate surface area is 112 Å². The van der Waals surface area contributed by atoms with Gasteiger partial charge in [-0.05, 0) is 50.0 Å². The SMILES string of the molecule is NS(=O)(=O)c1ccc(NCC2CCNCC2)c(F)c1. The Kier molecular flexibility index (Phi) is 4.38. The maximum atomic E-state index is 13.7. The fourth-order valence-corrected chi connectivity index (χ4v) is 2.68. The molecule has 7 heteroatoms. The first-order chi connectivity index (χ1) is 8.97. The molecule has 0 unspecified atom stereocenters. The molecule has 0 amide bonds. The summed E-state index contributed by atoms with van der Waals surface area (Å²) in [6.45, 7) is 2.66. The number of hydrogen-bond acceptors (Lipinski definition) is 4. The van der Waals surface area contributed by atoms with Crippen LogP contribution in [0.25, 0.3) is 0 Å². The molecule has 1 aromatic carbocycles. The summed E-state index contributed by atoms with van der Waals surface area (Å²) in [5, 5.41) is 11.2. The Hall–Kier alpha value is -1.18. The van der Waals surface area contributed by atoms with Crippen molar-refractivity contribution in [1.29, 1.82) is 0 Å².